The topological polar surface area (TPSA) is 148 Å². The average molecular weight is 440 g/mol. The maximum Gasteiger partial charge on any atom is 0.471 e. The first-order chi connectivity index (χ1) is 14.6. The molecule has 1 aromatic carbocycles. The average Bonchev–Trinajstić information content (AvgIpc) is 2.72. The van der Waals surface area contributed by atoms with E-state index >= 15 is 0 Å². The molecule has 0 atom stereocenters. The van der Waals surface area contributed by atoms with Crippen LogP contribution in [0.15, 0.2) is 40.4 Å². The van der Waals surface area contributed by atoms with Crippen LogP contribution >= 0.6 is 0 Å². The first-order valence-corrected chi connectivity index (χ1v) is 8.35. The molecule has 0 aliphatic carbocycles. The van der Waals surface area contributed by atoms with Gasteiger partial charge in [-0.2, -0.15) is 13.2 Å². The van der Waals surface area contributed by atoms with Crippen LogP contribution in [0.2, 0.25) is 0 Å². The SMILES string of the molecule is COC(Cn1c(-c2ccc(NC(=O)C(F)(F)F)cc2)ncc(C(=O)N=[N+]=[N-])c1=O)OC. The minimum absolute atomic E-state index is 0.0234. The second-order valence-corrected chi connectivity index (χ2v) is 5.84. The monoisotopic (exact) mass is 440 g/mol. The molecule has 11 nitrogen and oxygen atoms in total. The van der Waals surface area contributed by atoms with Crippen LogP contribution in [0.25, 0.3) is 21.8 Å². The van der Waals surface area contributed by atoms with Gasteiger partial charge in [-0.3, -0.25) is 19.0 Å². The fraction of sp³-hybridized carbons (Fsp3) is 0.294. The van der Waals surface area contributed by atoms with Crippen molar-refractivity contribution in [2.75, 3.05) is 19.5 Å². The van der Waals surface area contributed by atoms with Crippen LogP contribution in [0.4, 0.5) is 18.9 Å². The van der Waals surface area contributed by atoms with E-state index in [1.165, 1.54) is 38.5 Å². The number of methoxy groups -OCH3 is 2. The third-order valence-electron chi connectivity index (χ3n) is 3.93. The molecule has 2 amide bonds. The number of ether oxygens (including phenoxy) is 2. The quantitative estimate of drug-likeness (QED) is 0.303. The number of benzene rings is 1. The summed E-state index contributed by atoms with van der Waals surface area (Å²) in [6, 6.07) is 4.98. The Morgan fingerprint density at radius 1 is 1.26 bits per heavy atom. The zero-order valence-electron chi connectivity index (χ0n) is 16.1. The van der Waals surface area contributed by atoms with Gasteiger partial charge in [-0.05, 0) is 34.9 Å². The van der Waals surface area contributed by atoms with E-state index in [9.17, 15) is 27.6 Å². The van der Waals surface area contributed by atoms with Gasteiger partial charge in [0.1, 0.15) is 11.4 Å². The van der Waals surface area contributed by atoms with Crippen LogP contribution in [0.1, 0.15) is 10.4 Å². The molecular weight excluding hydrogens is 425 g/mol. The number of amides is 2. The predicted octanol–water partition coefficient (Wildman–Crippen LogP) is 2.48. The molecule has 0 saturated heterocycles. The van der Waals surface area contributed by atoms with Crippen LogP contribution in [-0.4, -0.2) is 48.1 Å². The number of carbonyl (C=O) groups is 2. The summed E-state index contributed by atoms with van der Waals surface area (Å²) >= 11 is 0. The van der Waals surface area contributed by atoms with Gasteiger partial charge in [-0.15, -0.1) is 0 Å². The summed E-state index contributed by atoms with van der Waals surface area (Å²) in [6.45, 7) is -0.210. The fourth-order valence-corrected chi connectivity index (χ4v) is 2.43. The molecule has 1 aromatic heterocycles. The molecule has 0 fully saturated rings. The maximum absolute atomic E-state index is 12.8. The molecule has 1 N–H and O–H groups in total. The highest BCUT2D eigenvalue weighted by Gasteiger charge is 2.38. The number of hydrogen-bond acceptors (Lipinski definition) is 6. The van der Waals surface area contributed by atoms with Crippen molar-refractivity contribution in [3.63, 3.8) is 0 Å². The van der Waals surface area contributed by atoms with Crippen LogP contribution in [0.5, 0.6) is 0 Å². The molecule has 0 aliphatic rings. The lowest BCUT2D eigenvalue weighted by molar-refractivity contribution is -0.167. The van der Waals surface area contributed by atoms with Crippen LogP contribution in [0.3, 0.4) is 0 Å². The minimum Gasteiger partial charge on any atom is -0.354 e. The number of aromatic nitrogens is 2. The third-order valence-corrected chi connectivity index (χ3v) is 3.93. The number of azide groups is 1. The van der Waals surface area contributed by atoms with Gasteiger partial charge in [-0.25, -0.2) is 4.98 Å². The van der Waals surface area contributed by atoms with Gasteiger partial charge in [0.05, 0.1) is 6.54 Å². The van der Waals surface area contributed by atoms with Crippen molar-refractivity contribution in [2.45, 2.75) is 19.0 Å². The lowest BCUT2D eigenvalue weighted by atomic mass is 10.1. The summed E-state index contributed by atoms with van der Waals surface area (Å²) in [7, 11) is 2.64. The molecule has 31 heavy (non-hydrogen) atoms. The van der Waals surface area contributed by atoms with E-state index in [-0.39, 0.29) is 23.6 Å². The van der Waals surface area contributed by atoms with Crippen molar-refractivity contribution < 1.29 is 32.2 Å². The second-order valence-electron chi connectivity index (χ2n) is 5.84. The molecule has 0 radical (unpaired) electrons. The maximum atomic E-state index is 12.8. The summed E-state index contributed by atoms with van der Waals surface area (Å²) in [5, 5.41) is 4.56. The molecule has 0 saturated carbocycles. The molecule has 1 heterocycles. The van der Waals surface area contributed by atoms with Crippen molar-refractivity contribution in [3.8, 4) is 11.4 Å². The van der Waals surface area contributed by atoms with E-state index in [0.717, 1.165) is 10.8 Å². The highest BCUT2D eigenvalue weighted by atomic mass is 19.4. The Bertz CT molecular complexity index is 1070. The molecule has 0 aliphatic heterocycles. The number of nitrogens with one attached hydrogen (secondary N) is 1. The summed E-state index contributed by atoms with van der Waals surface area (Å²) in [4.78, 5) is 42.1. The Balaban J connectivity index is 2.50. The van der Waals surface area contributed by atoms with E-state index in [1.807, 2.05) is 0 Å². The van der Waals surface area contributed by atoms with Crippen molar-refractivity contribution in [2.24, 2.45) is 5.11 Å². The van der Waals surface area contributed by atoms with Crippen molar-refractivity contribution in [1.82, 2.24) is 9.55 Å². The van der Waals surface area contributed by atoms with Gasteiger partial charge < -0.3 is 14.8 Å². The highest BCUT2D eigenvalue weighted by molar-refractivity contribution is 5.95. The third kappa shape index (κ3) is 5.66. The first-order valence-electron chi connectivity index (χ1n) is 8.35. The molecule has 2 rings (SSSR count). The van der Waals surface area contributed by atoms with E-state index in [0.29, 0.717) is 0 Å². The highest BCUT2D eigenvalue weighted by Crippen LogP contribution is 2.22. The Labute approximate surface area is 172 Å². The van der Waals surface area contributed by atoms with Crippen LogP contribution < -0.4 is 10.9 Å². The van der Waals surface area contributed by atoms with Gasteiger partial charge in [0.15, 0.2) is 6.29 Å². The standard InChI is InChI=1S/C17H15F3N6O5/c1-30-12(31-2)8-26-13(22-7-11(15(26)28)14(27)24-25-21)9-3-5-10(6-4-9)23-16(29)17(18,19)20/h3-7,12H,8H2,1-2H3,(H,23,29). The van der Waals surface area contributed by atoms with Crippen LogP contribution in [-0.2, 0) is 20.8 Å². The van der Waals surface area contributed by atoms with Crippen molar-refractivity contribution in [1.29, 1.82) is 0 Å². The Hall–Kier alpha value is -3.74. The first kappa shape index (κ1) is 23.5. The zero-order valence-corrected chi connectivity index (χ0v) is 16.1. The second kappa shape index (κ2) is 9.84. The zero-order chi connectivity index (χ0) is 23.2. The van der Waals surface area contributed by atoms with Crippen molar-refractivity contribution >= 4 is 17.5 Å². The number of alkyl halides is 3. The fourth-order valence-electron chi connectivity index (χ4n) is 2.43. The summed E-state index contributed by atoms with van der Waals surface area (Å²) in [6.07, 6.45) is -5.04. The van der Waals surface area contributed by atoms with E-state index in [2.05, 4.69) is 15.0 Å². The molecular formula is C17H15F3N6O5. The molecule has 0 unspecified atom stereocenters. The lowest BCUT2D eigenvalue weighted by Crippen LogP contribution is -2.33. The summed E-state index contributed by atoms with van der Waals surface area (Å²) in [5.74, 6) is -3.26. The van der Waals surface area contributed by atoms with Gasteiger partial charge in [0, 0.05) is 36.6 Å². The largest absolute Gasteiger partial charge is 0.471 e. The smallest absolute Gasteiger partial charge is 0.354 e. The van der Waals surface area contributed by atoms with Crippen LogP contribution in [0, 0.1) is 0 Å². The molecule has 164 valence electrons. The normalized spacial score (nSPS) is 11.2. The van der Waals surface area contributed by atoms with E-state index in [1.54, 1.807) is 5.32 Å². The Morgan fingerprint density at radius 2 is 1.87 bits per heavy atom. The molecule has 14 heteroatoms. The molecule has 2 aromatic rings. The summed E-state index contributed by atoms with van der Waals surface area (Å²) < 4.78 is 48.3. The number of anilines is 1. The number of rotatable bonds is 7. The van der Waals surface area contributed by atoms with E-state index < -0.39 is 35.4 Å². The van der Waals surface area contributed by atoms with E-state index in [4.69, 9.17) is 15.0 Å². The number of hydrogen-bond donors (Lipinski definition) is 1. The predicted molar refractivity (Wildman–Crippen MR) is 99.9 cm³/mol. The Kier molecular flexibility index (Phi) is 7.47. The molecule has 0 spiro atoms. The Morgan fingerprint density at radius 3 is 2.39 bits per heavy atom. The van der Waals surface area contributed by atoms with Gasteiger partial charge in [-0.1, -0.05) is 0 Å². The molecule has 0 bridgehead atoms. The van der Waals surface area contributed by atoms with Gasteiger partial charge in [0.25, 0.3) is 11.5 Å². The van der Waals surface area contributed by atoms with Crippen molar-refractivity contribution in [3.05, 3.63) is 56.8 Å². The van der Waals surface area contributed by atoms with Gasteiger partial charge >= 0.3 is 12.1 Å². The lowest BCUT2D eigenvalue weighted by Gasteiger charge is -2.18. The number of carbonyl (C=O) groups excluding carboxylic acids is 2. The van der Waals surface area contributed by atoms with Gasteiger partial charge in [0.2, 0.25) is 0 Å². The minimum atomic E-state index is -5.05. The summed E-state index contributed by atoms with van der Waals surface area (Å²) in [5.41, 5.74) is 7.21. The number of nitrogens with zero attached hydrogens (tertiary/aromatic N) is 5. The number of halogens is 3.